The summed E-state index contributed by atoms with van der Waals surface area (Å²) in [6, 6.07) is 1.82. The summed E-state index contributed by atoms with van der Waals surface area (Å²) >= 11 is 2.03. The van der Waals surface area contributed by atoms with Crippen molar-refractivity contribution in [2.24, 2.45) is 5.92 Å². The summed E-state index contributed by atoms with van der Waals surface area (Å²) in [7, 11) is 0. The van der Waals surface area contributed by atoms with Gasteiger partial charge in [0, 0.05) is 19.0 Å². The van der Waals surface area contributed by atoms with Crippen molar-refractivity contribution in [3.8, 4) is 0 Å². The molecule has 3 N–H and O–H groups in total. The van der Waals surface area contributed by atoms with Crippen LogP contribution in [0, 0.1) is 5.92 Å². The van der Waals surface area contributed by atoms with E-state index < -0.39 is 0 Å². The van der Waals surface area contributed by atoms with Crippen LogP contribution in [0.5, 0.6) is 0 Å². The van der Waals surface area contributed by atoms with E-state index in [1.165, 1.54) is 17.9 Å². The van der Waals surface area contributed by atoms with E-state index in [-0.39, 0.29) is 0 Å². The van der Waals surface area contributed by atoms with Gasteiger partial charge in [-0.25, -0.2) is 9.97 Å². The Bertz CT molecular complexity index is 364. The van der Waals surface area contributed by atoms with E-state index in [1.54, 1.807) is 0 Å². The van der Waals surface area contributed by atoms with Crippen LogP contribution < -0.4 is 11.1 Å². The van der Waals surface area contributed by atoms with Crippen molar-refractivity contribution in [2.75, 3.05) is 29.1 Å². The summed E-state index contributed by atoms with van der Waals surface area (Å²) in [6.07, 6.45) is 3.24. The summed E-state index contributed by atoms with van der Waals surface area (Å²) in [5.41, 5.74) is 5.78. The summed E-state index contributed by atoms with van der Waals surface area (Å²) in [5.74, 6) is 5.60. The lowest BCUT2D eigenvalue weighted by atomic mass is 10.1. The zero-order valence-corrected chi connectivity index (χ0v) is 11.1. The first-order chi connectivity index (χ1) is 8.28. The van der Waals surface area contributed by atoms with Gasteiger partial charge in [-0.3, -0.25) is 0 Å². The van der Waals surface area contributed by atoms with Gasteiger partial charge in [-0.1, -0.05) is 6.92 Å². The standard InChI is InChI=1S/C12H20N4S/c1-2-3-11-15-10(13)6-12(16-11)14-7-9-4-5-17-8-9/h6,9H,2-5,7-8H2,1H3,(H3,13,14,15,16). The molecule has 4 nitrogen and oxygen atoms in total. The highest BCUT2D eigenvalue weighted by molar-refractivity contribution is 7.99. The van der Waals surface area contributed by atoms with E-state index in [0.717, 1.165) is 36.9 Å². The molecule has 1 aromatic heterocycles. The maximum absolute atomic E-state index is 5.78. The van der Waals surface area contributed by atoms with Gasteiger partial charge in [0.15, 0.2) is 0 Å². The van der Waals surface area contributed by atoms with Gasteiger partial charge in [0.25, 0.3) is 0 Å². The third kappa shape index (κ3) is 3.77. The molecule has 1 fully saturated rings. The number of nitrogen functional groups attached to an aromatic ring is 1. The van der Waals surface area contributed by atoms with Crippen molar-refractivity contribution >= 4 is 23.4 Å². The normalized spacial score (nSPS) is 19.5. The molecule has 1 saturated heterocycles. The van der Waals surface area contributed by atoms with Crippen LogP contribution in [0.4, 0.5) is 11.6 Å². The number of rotatable bonds is 5. The molecule has 5 heteroatoms. The lowest BCUT2D eigenvalue weighted by Gasteiger charge is -2.11. The Morgan fingerprint density at radius 3 is 3.12 bits per heavy atom. The first-order valence-corrected chi connectivity index (χ1v) is 7.38. The average Bonchev–Trinajstić information content (AvgIpc) is 2.79. The molecule has 1 aliphatic heterocycles. The van der Waals surface area contributed by atoms with Crippen LogP contribution in [0.25, 0.3) is 0 Å². The third-order valence-corrected chi connectivity index (χ3v) is 4.09. The summed E-state index contributed by atoms with van der Waals surface area (Å²) in [5, 5.41) is 3.38. The van der Waals surface area contributed by atoms with Gasteiger partial charge in [0.05, 0.1) is 0 Å². The van der Waals surface area contributed by atoms with Crippen LogP contribution in [0.1, 0.15) is 25.6 Å². The van der Waals surface area contributed by atoms with Gasteiger partial charge in [-0.2, -0.15) is 11.8 Å². The maximum atomic E-state index is 5.78. The van der Waals surface area contributed by atoms with Crippen molar-refractivity contribution in [1.82, 2.24) is 9.97 Å². The SMILES string of the molecule is CCCc1nc(N)cc(NCC2CCSC2)n1. The molecule has 0 aromatic carbocycles. The van der Waals surface area contributed by atoms with Gasteiger partial charge < -0.3 is 11.1 Å². The van der Waals surface area contributed by atoms with Crippen LogP contribution in [0.15, 0.2) is 6.07 Å². The molecule has 2 rings (SSSR count). The van der Waals surface area contributed by atoms with E-state index in [0.29, 0.717) is 5.82 Å². The highest BCUT2D eigenvalue weighted by Crippen LogP contribution is 2.23. The molecule has 94 valence electrons. The molecule has 0 aliphatic carbocycles. The Hall–Kier alpha value is -0.970. The average molecular weight is 252 g/mol. The summed E-state index contributed by atoms with van der Waals surface area (Å²) in [4.78, 5) is 8.70. The van der Waals surface area contributed by atoms with Gasteiger partial charge in [-0.05, 0) is 30.3 Å². The first-order valence-electron chi connectivity index (χ1n) is 6.23. The number of aromatic nitrogens is 2. The van der Waals surface area contributed by atoms with Gasteiger partial charge in [-0.15, -0.1) is 0 Å². The highest BCUT2D eigenvalue weighted by atomic mass is 32.2. The van der Waals surface area contributed by atoms with Crippen molar-refractivity contribution in [3.05, 3.63) is 11.9 Å². The molecule has 2 heterocycles. The van der Waals surface area contributed by atoms with Crippen LogP contribution in [-0.2, 0) is 6.42 Å². The maximum Gasteiger partial charge on any atom is 0.133 e. The fourth-order valence-corrected chi connectivity index (χ4v) is 3.22. The molecule has 0 bridgehead atoms. The van der Waals surface area contributed by atoms with E-state index >= 15 is 0 Å². The van der Waals surface area contributed by atoms with Crippen molar-refractivity contribution in [1.29, 1.82) is 0 Å². The lowest BCUT2D eigenvalue weighted by Crippen LogP contribution is -2.15. The quantitative estimate of drug-likeness (QED) is 0.841. The minimum atomic E-state index is 0.562. The molecule has 1 aliphatic rings. The Balaban J connectivity index is 1.94. The number of hydrogen-bond acceptors (Lipinski definition) is 5. The second-order valence-corrected chi connectivity index (χ2v) is 5.60. The monoisotopic (exact) mass is 252 g/mol. The van der Waals surface area contributed by atoms with Crippen molar-refractivity contribution < 1.29 is 0 Å². The fraction of sp³-hybridized carbons (Fsp3) is 0.667. The van der Waals surface area contributed by atoms with Crippen LogP contribution in [0.3, 0.4) is 0 Å². The topological polar surface area (TPSA) is 63.8 Å². The Morgan fingerprint density at radius 2 is 2.41 bits per heavy atom. The fourth-order valence-electron chi connectivity index (χ4n) is 1.94. The zero-order valence-electron chi connectivity index (χ0n) is 10.3. The van der Waals surface area contributed by atoms with Gasteiger partial charge in [0.2, 0.25) is 0 Å². The minimum absolute atomic E-state index is 0.562. The van der Waals surface area contributed by atoms with Crippen LogP contribution >= 0.6 is 11.8 Å². The van der Waals surface area contributed by atoms with E-state index in [9.17, 15) is 0 Å². The Labute approximate surface area is 107 Å². The number of nitrogens with one attached hydrogen (secondary N) is 1. The van der Waals surface area contributed by atoms with Crippen LogP contribution in [0.2, 0.25) is 0 Å². The Kier molecular flexibility index (Phi) is 4.48. The molecular weight excluding hydrogens is 232 g/mol. The number of nitrogens with two attached hydrogens (primary N) is 1. The molecule has 0 saturated carbocycles. The van der Waals surface area contributed by atoms with Crippen molar-refractivity contribution in [2.45, 2.75) is 26.2 Å². The molecule has 0 radical (unpaired) electrons. The predicted molar refractivity (Wildman–Crippen MR) is 74.4 cm³/mol. The van der Waals surface area contributed by atoms with Gasteiger partial charge in [0.1, 0.15) is 17.5 Å². The molecule has 0 amide bonds. The number of anilines is 2. The molecular formula is C12H20N4S. The second kappa shape index (κ2) is 6.10. The van der Waals surface area contributed by atoms with Gasteiger partial charge >= 0.3 is 0 Å². The Morgan fingerprint density at radius 1 is 1.53 bits per heavy atom. The third-order valence-electron chi connectivity index (χ3n) is 2.86. The molecule has 1 aromatic rings. The summed E-state index contributed by atoms with van der Waals surface area (Å²) < 4.78 is 0. The zero-order chi connectivity index (χ0) is 12.1. The second-order valence-electron chi connectivity index (χ2n) is 4.45. The summed E-state index contributed by atoms with van der Waals surface area (Å²) in [6.45, 7) is 3.12. The smallest absolute Gasteiger partial charge is 0.133 e. The van der Waals surface area contributed by atoms with Crippen LogP contribution in [-0.4, -0.2) is 28.0 Å². The predicted octanol–water partition coefficient (Wildman–Crippen LogP) is 2.18. The molecule has 1 atom stereocenters. The molecule has 0 spiro atoms. The highest BCUT2D eigenvalue weighted by Gasteiger charge is 2.15. The first kappa shape index (κ1) is 12.5. The number of hydrogen-bond donors (Lipinski definition) is 2. The lowest BCUT2D eigenvalue weighted by molar-refractivity contribution is 0.630. The molecule has 1 unspecified atom stereocenters. The van der Waals surface area contributed by atoms with E-state index in [2.05, 4.69) is 22.2 Å². The molecule has 17 heavy (non-hydrogen) atoms. The van der Waals surface area contributed by atoms with Crippen molar-refractivity contribution in [3.63, 3.8) is 0 Å². The largest absolute Gasteiger partial charge is 0.384 e. The van der Waals surface area contributed by atoms with E-state index in [1.807, 2.05) is 17.8 Å². The number of nitrogens with zero attached hydrogens (tertiary/aromatic N) is 2. The number of aryl methyl sites for hydroxylation is 1. The van der Waals surface area contributed by atoms with E-state index in [4.69, 9.17) is 5.73 Å². The minimum Gasteiger partial charge on any atom is -0.384 e. The number of thioether (sulfide) groups is 1.